The van der Waals surface area contributed by atoms with Crippen molar-refractivity contribution < 1.29 is 19.2 Å². The number of non-ortho nitro benzene ring substituents is 1. The Kier molecular flexibility index (Phi) is 5.33. The molecule has 0 aromatic heterocycles. The maximum atomic E-state index is 11.4. The number of nitrogens with one attached hydrogen (secondary N) is 1. The number of nitro benzene ring substituents is 1. The van der Waals surface area contributed by atoms with Crippen molar-refractivity contribution in [2.24, 2.45) is 5.10 Å². The van der Waals surface area contributed by atoms with Gasteiger partial charge < -0.3 is 4.74 Å². The zero-order valence-electron chi connectivity index (χ0n) is 11.0. The number of hydrazone groups is 1. The van der Waals surface area contributed by atoms with E-state index in [0.29, 0.717) is 5.69 Å². The number of esters is 1. The summed E-state index contributed by atoms with van der Waals surface area (Å²) in [5, 5.41) is 14.1. The molecule has 0 heterocycles. The average molecular weight is 279 g/mol. The summed E-state index contributed by atoms with van der Waals surface area (Å²) in [5.74, 6) is -1.37. The second-order valence-electron chi connectivity index (χ2n) is 3.65. The number of rotatable bonds is 6. The minimum Gasteiger partial charge on any atom is -0.461 e. The van der Waals surface area contributed by atoms with Gasteiger partial charge in [-0.2, -0.15) is 5.10 Å². The summed E-state index contributed by atoms with van der Waals surface area (Å²) >= 11 is 0. The van der Waals surface area contributed by atoms with E-state index in [1.807, 2.05) is 0 Å². The molecule has 0 fully saturated rings. The molecule has 0 aliphatic carbocycles. The van der Waals surface area contributed by atoms with Crippen LogP contribution in [0.4, 0.5) is 11.4 Å². The van der Waals surface area contributed by atoms with Gasteiger partial charge in [0.05, 0.1) is 17.2 Å². The van der Waals surface area contributed by atoms with Gasteiger partial charge in [0.15, 0.2) is 5.78 Å². The van der Waals surface area contributed by atoms with Gasteiger partial charge in [-0.25, -0.2) is 4.79 Å². The van der Waals surface area contributed by atoms with Crippen molar-refractivity contribution in [3.63, 3.8) is 0 Å². The molecule has 0 amide bonds. The van der Waals surface area contributed by atoms with Crippen LogP contribution in [-0.4, -0.2) is 29.0 Å². The number of ether oxygens (including phenoxy) is 1. The molecule has 0 atom stereocenters. The average Bonchev–Trinajstić information content (AvgIpc) is 2.39. The molecule has 1 N–H and O–H groups in total. The van der Waals surface area contributed by atoms with Crippen LogP contribution in [0.25, 0.3) is 0 Å². The first-order valence-corrected chi connectivity index (χ1v) is 5.72. The van der Waals surface area contributed by atoms with Crippen molar-refractivity contribution in [2.75, 3.05) is 12.0 Å². The summed E-state index contributed by atoms with van der Waals surface area (Å²) in [7, 11) is 0. The highest BCUT2D eigenvalue weighted by atomic mass is 16.6. The van der Waals surface area contributed by atoms with Gasteiger partial charge in [-0.15, -0.1) is 0 Å². The van der Waals surface area contributed by atoms with Gasteiger partial charge in [0.1, 0.15) is 0 Å². The summed E-state index contributed by atoms with van der Waals surface area (Å²) in [4.78, 5) is 32.7. The number of hydrogen-bond donors (Lipinski definition) is 1. The van der Waals surface area contributed by atoms with E-state index in [1.54, 1.807) is 6.92 Å². The Bertz CT molecular complexity index is 551. The number of carbonyl (C=O) groups excluding carboxylic acids is 2. The van der Waals surface area contributed by atoms with Gasteiger partial charge in [-0.1, -0.05) is 0 Å². The van der Waals surface area contributed by atoms with E-state index in [4.69, 9.17) is 0 Å². The van der Waals surface area contributed by atoms with Crippen LogP contribution in [0.15, 0.2) is 29.4 Å². The van der Waals surface area contributed by atoms with E-state index in [0.717, 1.165) is 0 Å². The number of carbonyl (C=O) groups is 2. The smallest absolute Gasteiger partial charge is 0.362 e. The van der Waals surface area contributed by atoms with E-state index < -0.39 is 16.7 Å². The summed E-state index contributed by atoms with van der Waals surface area (Å²) in [6, 6.07) is 5.36. The van der Waals surface area contributed by atoms with E-state index in [1.165, 1.54) is 31.2 Å². The van der Waals surface area contributed by atoms with Crippen molar-refractivity contribution in [1.29, 1.82) is 0 Å². The lowest BCUT2D eigenvalue weighted by Gasteiger charge is -2.04. The maximum absolute atomic E-state index is 11.4. The fourth-order valence-electron chi connectivity index (χ4n) is 1.25. The third kappa shape index (κ3) is 4.16. The Hall–Kier alpha value is -2.77. The molecule has 0 saturated carbocycles. The van der Waals surface area contributed by atoms with Gasteiger partial charge in [-0.05, 0) is 19.1 Å². The first-order chi connectivity index (χ1) is 9.45. The van der Waals surface area contributed by atoms with Crippen molar-refractivity contribution in [3.05, 3.63) is 34.4 Å². The van der Waals surface area contributed by atoms with E-state index in [2.05, 4.69) is 15.3 Å². The molecule has 106 valence electrons. The summed E-state index contributed by atoms with van der Waals surface area (Å²) in [5.41, 5.74) is 2.43. The molecular formula is C12H13N3O5. The number of anilines is 1. The molecule has 20 heavy (non-hydrogen) atoms. The number of Topliss-reactive ketones (excluding diaryl/α,β-unsaturated/α-hetero) is 1. The number of benzene rings is 1. The molecule has 0 radical (unpaired) electrons. The van der Waals surface area contributed by atoms with Crippen LogP contribution >= 0.6 is 0 Å². The largest absolute Gasteiger partial charge is 0.461 e. The molecule has 0 bridgehead atoms. The Morgan fingerprint density at radius 3 is 2.40 bits per heavy atom. The van der Waals surface area contributed by atoms with Gasteiger partial charge in [-0.3, -0.25) is 20.3 Å². The van der Waals surface area contributed by atoms with Crippen LogP contribution in [0.5, 0.6) is 0 Å². The second-order valence-corrected chi connectivity index (χ2v) is 3.65. The highest BCUT2D eigenvalue weighted by Gasteiger charge is 2.18. The molecule has 8 heteroatoms. The monoisotopic (exact) mass is 279 g/mol. The number of nitrogens with zero attached hydrogens (tertiary/aromatic N) is 2. The zero-order chi connectivity index (χ0) is 15.1. The van der Waals surface area contributed by atoms with Crippen LogP contribution in [0.1, 0.15) is 13.8 Å². The van der Waals surface area contributed by atoms with Crippen molar-refractivity contribution in [2.45, 2.75) is 13.8 Å². The fourth-order valence-corrected chi connectivity index (χ4v) is 1.25. The Morgan fingerprint density at radius 2 is 1.95 bits per heavy atom. The topological polar surface area (TPSA) is 111 Å². The van der Waals surface area contributed by atoms with Crippen LogP contribution in [-0.2, 0) is 14.3 Å². The highest BCUT2D eigenvalue weighted by Crippen LogP contribution is 2.15. The Labute approximate surface area is 114 Å². The molecule has 1 aromatic carbocycles. The van der Waals surface area contributed by atoms with Crippen LogP contribution in [0.2, 0.25) is 0 Å². The maximum Gasteiger partial charge on any atom is 0.362 e. The molecule has 0 aliphatic rings. The number of hydrogen-bond acceptors (Lipinski definition) is 7. The summed E-state index contributed by atoms with van der Waals surface area (Å²) < 4.78 is 4.68. The predicted octanol–water partition coefficient (Wildman–Crippen LogP) is 1.51. The van der Waals surface area contributed by atoms with Crippen molar-refractivity contribution in [1.82, 2.24) is 0 Å². The lowest BCUT2D eigenvalue weighted by Crippen LogP contribution is -2.25. The molecule has 0 aliphatic heterocycles. The van der Waals surface area contributed by atoms with Gasteiger partial charge in [0.25, 0.3) is 5.69 Å². The van der Waals surface area contributed by atoms with E-state index in [-0.39, 0.29) is 18.0 Å². The van der Waals surface area contributed by atoms with Crippen molar-refractivity contribution >= 4 is 28.8 Å². The third-order valence-corrected chi connectivity index (χ3v) is 2.18. The predicted molar refractivity (Wildman–Crippen MR) is 71.5 cm³/mol. The van der Waals surface area contributed by atoms with Crippen molar-refractivity contribution in [3.8, 4) is 0 Å². The molecule has 0 unspecified atom stereocenters. The summed E-state index contributed by atoms with van der Waals surface area (Å²) in [6.45, 7) is 2.93. The third-order valence-electron chi connectivity index (χ3n) is 2.18. The molecule has 0 saturated heterocycles. The van der Waals surface area contributed by atoms with Crippen LogP contribution < -0.4 is 5.43 Å². The van der Waals surface area contributed by atoms with Crippen LogP contribution in [0.3, 0.4) is 0 Å². The highest BCUT2D eigenvalue weighted by molar-refractivity contribution is 6.64. The second kappa shape index (κ2) is 6.98. The first kappa shape index (κ1) is 15.3. The summed E-state index contributed by atoms with van der Waals surface area (Å²) in [6.07, 6.45) is 0. The number of nitro groups is 1. The van der Waals surface area contributed by atoms with E-state index >= 15 is 0 Å². The van der Waals surface area contributed by atoms with Crippen LogP contribution in [0, 0.1) is 10.1 Å². The molecule has 1 rings (SSSR count). The number of ketones is 1. The lowest BCUT2D eigenvalue weighted by atomic mass is 10.3. The SMILES string of the molecule is CCOC(=O)/C(=N\Nc1ccc([N+](=O)[O-])cc1)C(C)=O. The Morgan fingerprint density at radius 1 is 1.35 bits per heavy atom. The minimum absolute atomic E-state index is 0.0725. The Balaban J connectivity index is 2.84. The van der Waals surface area contributed by atoms with Gasteiger partial charge in [0.2, 0.25) is 5.71 Å². The van der Waals surface area contributed by atoms with Gasteiger partial charge >= 0.3 is 5.97 Å². The zero-order valence-corrected chi connectivity index (χ0v) is 11.0. The first-order valence-electron chi connectivity index (χ1n) is 5.72. The fraction of sp³-hybridized carbons (Fsp3) is 0.250. The standard InChI is InChI=1S/C12H13N3O5/c1-3-20-12(17)11(8(2)16)14-13-9-4-6-10(7-5-9)15(18)19/h4-7,13H,3H2,1-2H3/b14-11-. The quantitative estimate of drug-likeness (QED) is 0.278. The van der Waals surface area contributed by atoms with E-state index in [9.17, 15) is 19.7 Å². The molecule has 8 nitrogen and oxygen atoms in total. The molecular weight excluding hydrogens is 266 g/mol. The lowest BCUT2D eigenvalue weighted by molar-refractivity contribution is -0.384. The van der Waals surface area contributed by atoms with Gasteiger partial charge in [0, 0.05) is 19.1 Å². The molecule has 0 spiro atoms. The molecule has 1 aromatic rings. The minimum atomic E-state index is -0.825. The normalized spacial score (nSPS) is 10.8.